The Hall–Kier alpha value is -0.330. The van der Waals surface area contributed by atoms with Crippen molar-refractivity contribution >= 4 is 28.2 Å². The van der Waals surface area contributed by atoms with E-state index in [1.807, 2.05) is 0 Å². The van der Waals surface area contributed by atoms with Crippen LogP contribution in [0, 0.1) is 0 Å². The van der Waals surface area contributed by atoms with Crippen LogP contribution in [0.3, 0.4) is 0 Å². The van der Waals surface area contributed by atoms with Gasteiger partial charge in [0.2, 0.25) is 5.91 Å². The minimum atomic E-state index is -3.22. The lowest BCUT2D eigenvalue weighted by Crippen LogP contribution is -2.42. The number of carbonyl (C=O) groups excluding carboxylic acids is 1. The Morgan fingerprint density at radius 3 is 2.62 bits per heavy atom. The number of likely N-dealkylation sites (tertiary alicyclic amines) is 1. The SMILES string of the molecule is CCS(=O)(=O)CC(=O)N1CCCC1CN.Cl. The summed E-state index contributed by atoms with van der Waals surface area (Å²) in [5.41, 5.74) is 5.51. The highest BCUT2D eigenvalue weighted by Gasteiger charge is 2.29. The average Bonchev–Trinajstić information content (AvgIpc) is 2.64. The molecule has 1 heterocycles. The maximum Gasteiger partial charge on any atom is 0.238 e. The molecule has 0 aromatic rings. The Kier molecular flexibility index (Phi) is 6.28. The minimum Gasteiger partial charge on any atom is -0.338 e. The van der Waals surface area contributed by atoms with Gasteiger partial charge in [-0.2, -0.15) is 0 Å². The number of halogens is 1. The van der Waals surface area contributed by atoms with Gasteiger partial charge in [0.05, 0.1) is 0 Å². The maximum atomic E-state index is 11.7. The van der Waals surface area contributed by atoms with Crippen molar-refractivity contribution in [3.63, 3.8) is 0 Å². The van der Waals surface area contributed by atoms with E-state index in [0.717, 1.165) is 12.8 Å². The summed E-state index contributed by atoms with van der Waals surface area (Å²) in [6, 6.07) is 0.0320. The second kappa shape index (κ2) is 6.42. The Morgan fingerprint density at radius 2 is 2.12 bits per heavy atom. The van der Waals surface area contributed by atoms with Gasteiger partial charge in [0.15, 0.2) is 9.84 Å². The fourth-order valence-electron chi connectivity index (χ4n) is 1.78. The van der Waals surface area contributed by atoms with Crippen LogP contribution in [0.25, 0.3) is 0 Å². The highest BCUT2D eigenvalue weighted by molar-refractivity contribution is 7.92. The Bertz CT molecular complexity index is 332. The molecule has 2 N–H and O–H groups in total. The molecule has 1 saturated heterocycles. The third kappa shape index (κ3) is 3.92. The van der Waals surface area contributed by atoms with Crippen molar-refractivity contribution in [1.82, 2.24) is 4.90 Å². The van der Waals surface area contributed by atoms with Crippen molar-refractivity contribution in [2.75, 3.05) is 24.6 Å². The van der Waals surface area contributed by atoms with E-state index in [1.165, 1.54) is 0 Å². The predicted octanol–water partition coefficient (Wildman–Crippen LogP) is -0.207. The van der Waals surface area contributed by atoms with Gasteiger partial charge in [-0.1, -0.05) is 6.92 Å². The van der Waals surface area contributed by atoms with E-state index in [0.29, 0.717) is 13.1 Å². The van der Waals surface area contributed by atoms with E-state index in [2.05, 4.69) is 0 Å². The van der Waals surface area contributed by atoms with Gasteiger partial charge >= 0.3 is 0 Å². The molecule has 0 saturated carbocycles. The summed E-state index contributed by atoms with van der Waals surface area (Å²) in [7, 11) is -3.22. The summed E-state index contributed by atoms with van der Waals surface area (Å²) in [4.78, 5) is 13.3. The van der Waals surface area contributed by atoms with E-state index in [4.69, 9.17) is 5.73 Å². The Balaban J connectivity index is 0.00000225. The fourth-order valence-corrected chi connectivity index (χ4v) is 2.53. The molecule has 1 rings (SSSR count). The number of sulfone groups is 1. The van der Waals surface area contributed by atoms with Gasteiger partial charge in [0, 0.05) is 24.9 Å². The van der Waals surface area contributed by atoms with Crippen LogP contribution in [0.4, 0.5) is 0 Å². The summed E-state index contributed by atoms with van der Waals surface area (Å²) in [5, 5.41) is 0. The molecule has 5 nitrogen and oxygen atoms in total. The molecule has 1 amide bonds. The van der Waals surface area contributed by atoms with Crippen molar-refractivity contribution < 1.29 is 13.2 Å². The summed E-state index contributed by atoms with van der Waals surface area (Å²) < 4.78 is 22.6. The molecule has 96 valence electrons. The Morgan fingerprint density at radius 1 is 1.50 bits per heavy atom. The minimum absolute atomic E-state index is 0. The van der Waals surface area contributed by atoms with Crippen molar-refractivity contribution in [3.05, 3.63) is 0 Å². The molecule has 0 spiro atoms. The normalized spacial score (nSPS) is 20.6. The molecule has 0 bridgehead atoms. The molecular formula is C9H19ClN2O3S. The maximum absolute atomic E-state index is 11.7. The first kappa shape index (κ1) is 15.7. The van der Waals surface area contributed by atoms with Crippen molar-refractivity contribution in [2.24, 2.45) is 5.73 Å². The molecule has 16 heavy (non-hydrogen) atoms. The van der Waals surface area contributed by atoms with Crippen LogP contribution >= 0.6 is 12.4 Å². The standard InChI is InChI=1S/C9H18N2O3S.ClH/c1-2-15(13,14)7-9(12)11-5-3-4-8(11)6-10;/h8H,2-7,10H2,1H3;1H. The van der Waals surface area contributed by atoms with Gasteiger partial charge < -0.3 is 10.6 Å². The molecule has 1 fully saturated rings. The van der Waals surface area contributed by atoms with Crippen molar-refractivity contribution in [3.8, 4) is 0 Å². The van der Waals surface area contributed by atoms with Crippen LogP contribution in [0.5, 0.6) is 0 Å². The lowest BCUT2D eigenvalue weighted by atomic mass is 10.2. The van der Waals surface area contributed by atoms with Crippen molar-refractivity contribution in [2.45, 2.75) is 25.8 Å². The number of nitrogens with zero attached hydrogens (tertiary/aromatic N) is 1. The molecule has 0 aromatic carbocycles. The van der Waals surface area contributed by atoms with Crippen LogP contribution in [0.1, 0.15) is 19.8 Å². The fraction of sp³-hybridized carbons (Fsp3) is 0.889. The van der Waals surface area contributed by atoms with Crippen molar-refractivity contribution in [1.29, 1.82) is 0 Å². The second-order valence-corrected chi connectivity index (χ2v) is 6.15. The van der Waals surface area contributed by atoms with E-state index in [1.54, 1.807) is 11.8 Å². The zero-order chi connectivity index (χ0) is 11.5. The van der Waals surface area contributed by atoms with E-state index >= 15 is 0 Å². The second-order valence-electron chi connectivity index (χ2n) is 3.80. The zero-order valence-electron chi connectivity index (χ0n) is 9.39. The van der Waals surface area contributed by atoms with E-state index in [-0.39, 0.29) is 35.9 Å². The smallest absolute Gasteiger partial charge is 0.238 e. The molecule has 1 unspecified atom stereocenters. The number of nitrogens with two attached hydrogens (primary N) is 1. The summed E-state index contributed by atoms with van der Waals surface area (Å²) in [5.74, 6) is -0.662. The quantitative estimate of drug-likeness (QED) is 0.767. The van der Waals surface area contributed by atoms with E-state index < -0.39 is 9.84 Å². The molecule has 0 aromatic heterocycles. The summed E-state index contributed by atoms with van der Waals surface area (Å²) in [6.07, 6.45) is 1.80. The highest BCUT2D eigenvalue weighted by atomic mass is 35.5. The number of amides is 1. The molecule has 1 aliphatic rings. The molecule has 7 heteroatoms. The van der Waals surface area contributed by atoms with Crippen LogP contribution < -0.4 is 5.73 Å². The lowest BCUT2D eigenvalue weighted by Gasteiger charge is -2.23. The molecule has 0 radical (unpaired) electrons. The lowest BCUT2D eigenvalue weighted by molar-refractivity contribution is -0.129. The van der Waals surface area contributed by atoms with Crippen LogP contribution in [-0.4, -0.2) is 49.9 Å². The number of hydrogen-bond acceptors (Lipinski definition) is 4. The molecule has 1 aliphatic heterocycles. The van der Waals surface area contributed by atoms with Gasteiger partial charge in [0.25, 0.3) is 0 Å². The summed E-state index contributed by atoms with van der Waals surface area (Å²) >= 11 is 0. The zero-order valence-corrected chi connectivity index (χ0v) is 11.0. The third-order valence-corrected chi connectivity index (χ3v) is 4.32. The molecule has 1 atom stereocenters. The first-order chi connectivity index (χ1) is 7.00. The third-order valence-electron chi connectivity index (χ3n) is 2.75. The van der Waals surface area contributed by atoms with Gasteiger partial charge in [-0.05, 0) is 12.8 Å². The topological polar surface area (TPSA) is 80.5 Å². The first-order valence-electron chi connectivity index (χ1n) is 5.20. The monoisotopic (exact) mass is 270 g/mol. The van der Waals surface area contributed by atoms with Crippen LogP contribution in [-0.2, 0) is 14.6 Å². The van der Waals surface area contributed by atoms with Crippen LogP contribution in [0.15, 0.2) is 0 Å². The highest BCUT2D eigenvalue weighted by Crippen LogP contribution is 2.16. The molecular weight excluding hydrogens is 252 g/mol. The largest absolute Gasteiger partial charge is 0.338 e. The first-order valence-corrected chi connectivity index (χ1v) is 7.02. The summed E-state index contributed by atoms with van der Waals surface area (Å²) in [6.45, 7) is 2.60. The number of rotatable bonds is 4. The van der Waals surface area contributed by atoms with Gasteiger partial charge in [0.1, 0.15) is 5.75 Å². The molecule has 0 aliphatic carbocycles. The number of carbonyl (C=O) groups is 1. The number of hydrogen-bond donors (Lipinski definition) is 1. The Labute approximate surface area is 103 Å². The average molecular weight is 271 g/mol. The van der Waals surface area contributed by atoms with Gasteiger partial charge in [-0.15, -0.1) is 12.4 Å². The van der Waals surface area contributed by atoms with Crippen LogP contribution in [0.2, 0.25) is 0 Å². The predicted molar refractivity (Wildman–Crippen MR) is 65.4 cm³/mol. The van der Waals surface area contributed by atoms with E-state index in [9.17, 15) is 13.2 Å². The van der Waals surface area contributed by atoms with Gasteiger partial charge in [-0.3, -0.25) is 4.79 Å². The van der Waals surface area contributed by atoms with Gasteiger partial charge in [-0.25, -0.2) is 8.42 Å².